The van der Waals surface area contributed by atoms with Crippen LogP contribution < -0.4 is 10.6 Å². The Kier molecular flexibility index (Phi) is 11.0. The van der Waals surface area contributed by atoms with E-state index in [1.807, 2.05) is 26.8 Å². The maximum Gasteiger partial charge on any atom is 0.251 e. The van der Waals surface area contributed by atoms with Crippen LogP contribution >= 0.6 is 0 Å². The van der Waals surface area contributed by atoms with Crippen molar-refractivity contribution >= 4 is 17.5 Å². The summed E-state index contributed by atoms with van der Waals surface area (Å²) < 4.78 is 5.18. The molecule has 0 aromatic carbocycles. The first kappa shape index (κ1) is 30.7. The molecule has 6 unspecified atom stereocenters. The van der Waals surface area contributed by atoms with Gasteiger partial charge < -0.3 is 30.7 Å². The van der Waals surface area contributed by atoms with Gasteiger partial charge in [-0.25, -0.2) is 0 Å². The highest BCUT2D eigenvalue weighted by atomic mass is 16.6. The molecule has 1 fully saturated rings. The first-order chi connectivity index (χ1) is 18.5. The molecular weight excluding hydrogens is 500 g/mol. The number of ketones is 2. The first-order valence-corrected chi connectivity index (χ1v) is 13.7. The topological polar surface area (TPSA) is 145 Å². The van der Waals surface area contributed by atoms with Crippen LogP contribution in [0.1, 0.15) is 66.2 Å². The zero-order chi connectivity index (χ0) is 28.7. The highest BCUT2D eigenvalue weighted by Crippen LogP contribution is 2.28. The highest BCUT2D eigenvalue weighted by molar-refractivity contribution is 6.23. The van der Waals surface area contributed by atoms with Gasteiger partial charge in [0.05, 0.1) is 36.3 Å². The Labute approximate surface area is 230 Å². The molecule has 5 N–H and O–H groups in total. The molecule has 0 saturated carbocycles. The van der Waals surface area contributed by atoms with Gasteiger partial charge in [-0.2, -0.15) is 0 Å². The molecule has 0 radical (unpaired) electrons. The summed E-state index contributed by atoms with van der Waals surface area (Å²) in [6.45, 7) is 7.58. The second kappa shape index (κ2) is 14.0. The first-order valence-electron chi connectivity index (χ1n) is 13.7. The van der Waals surface area contributed by atoms with Crippen molar-refractivity contribution in [2.75, 3.05) is 6.61 Å². The third-order valence-electron chi connectivity index (χ3n) is 7.46. The standard InChI is InChI=1S/C30H42N2O7/c1-17-8-6-5-7-9-19(3)29(37)32-23-15-26(35)27(31-24-14-21(33)16-39-30(24)38)22(28(23)36)13-18(2)10-11-25(34)20(4)12-17/h5,7,9,12,15,18,20-21,24-25,30-31,33-34,38H,6,8,10-11,13-14,16H2,1-4H3,(H,32,37)/b7-5-,17-12+,19-9+. The number of carbonyl (C=O) groups is 3. The Morgan fingerprint density at radius 1 is 1.08 bits per heavy atom. The van der Waals surface area contributed by atoms with Gasteiger partial charge in [0.2, 0.25) is 11.6 Å². The summed E-state index contributed by atoms with van der Waals surface area (Å²) in [5.74, 6) is -1.59. The Morgan fingerprint density at radius 3 is 2.56 bits per heavy atom. The molecule has 2 bridgehead atoms. The lowest BCUT2D eigenvalue weighted by Crippen LogP contribution is -2.50. The maximum absolute atomic E-state index is 13.6. The van der Waals surface area contributed by atoms with E-state index < -0.39 is 42.0 Å². The lowest BCUT2D eigenvalue weighted by molar-refractivity contribution is -0.171. The van der Waals surface area contributed by atoms with Crippen molar-refractivity contribution in [3.8, 4) is 0 Å². The minimum absolute atomic E-state index is 0.0250. The number of hydrogen-bond acceptors (Lipinski definition) is 8. The quantitative estimate of drug-likeness (QED) is 0.264. The number of Topliss-reactive ketones (excluding diaryl/α,β-unsaturated/α-hetero) is 1. The largest absolute Gasteiger partial charge is 0.393 e. The van der Waals surface area contributed by atoms with Crippen molar-refractivity contribution in [1.82, 2.24) is 10.6 Å². The molecule has 2 aliphatic heterocycles. The van der Waals surface area contributed by atoms with Crippen LogP contribution in [0.3, 0.4) is 0 Å². The number of ether oxygens (including phenoxy) is 1. The van der Waals surface area contributed by atoms with Crippen molar-refractivity contribution in [3.05, 3.63) is 58.5 Å². The second-order valence-corrected chi connectivity index (χ2v) is 11.1. The Balaban J connectivity index is 1.94. The van der Waals surface area contributed by atoms with Crippen LogP contribution in [0.5, 0.6) is 0 Å². The van der Waals surface area contributed by atoms with Gasteiger partial charge in [0, 0.05) is 29.6 Å². The van der Waals surface area contributed by atoms with Gasteiger partial charge in [-0.05, 0) is 51.9 Å². The van der Waals surface area contributed by atoms with E-state index in [0.29, 0.717) is 18.4 Å². The molecule has 0 aromatic heterocycles. The van der Waals surface area contributed by atoms with Crippen molar-refractivity contribution in [2.45, 2.75) is 90.8 Å². The molecule has 1 aliphatic carbocycles. The minimum atomic E-state index is -1.26. The number of carbonyl (C=O) groups excluding carboxylic acids is 3. The van der Waals surface area contributed by atoms with E-state index in [4.69, 9.17) is 4.74 Å². The molecule has 1 saturated heterocycles. The van der Waals surface area contributed by atoms with Gasteiger partial charge in [-0.1, -0.05) is 43.7 Å². The summed E-state index contributed by atoms with van der Waals surface area (Å²) in [4.78, 5) is 39.6. The van der Waals surface area contributed by atoms with E-state index in [9.17, 15) is 29.7 Å². The molecule has 0 aromatic rings. The minimum Gasteiger partial charge on any atom is -0.393 e. The van der Waals surface area contributed by atoms with Crippen LogP contribution in [-0.2, 0) is 19.1 Å². The van der Waals surface area contributed by atoms with E-state index >= 15 is 0 Å². The third kappa shape index (κ3) is 8.57. The number of amides is 1. The zero-order valence-electron chi connectivity index (χ0n) is 23.3. The summed E-state index contributed by atoms with van der Waals surface area (Å²) in [7, 11) is 0. The predicted octanol–water partition coefficient (Wildman–Crippen LogP) is 2.50. The molecule has 6 atom stereocenters. The van der Waals surface area contributed by atoms with Crippen molar-refractivity contribution in [3.63, 3.8) is 0 Å². The number of aliphatic hydroxyl groups is 3. The van der Waals surface area contributed by atoms with Gasteiger partial charge in [0.15, 0.2) is 6.29 Å². The van der Waals surface area contributed by atoms with Crippen LogP contribution in [0.15, 0.2) is 58.5 Å². The maximum atomic E-state index is 13.6. The van der Waals surface area contributed by atoms with E-state index in [2.05, 4.69) is 16.7 Å². The average molecular weight is 543 g/mol. The van der Waals surface area contributed by atoms with Gasteiger partial charge in [-0.15, -0.1) is 0 Å². The molecule has 9 heteroatoms. The lowest BCUT2D eigenvalue weighted by atomic mass is 9.86. The van der Waals surface area contributed by atoms with Crippen molar-refractivity contribution in [2.24, 2.45) is 11.8 Å². The summed E-state index contributed by atoms with van der Waals surface area (Å²) in [5.41, 5.74) is 1.67. The normalized spacial score (nSPS) is 35.8. The molecule has 3 aliphatic rings. The smallest absolute Gasteiger partial charge is 0.251 e. The Bertz CT molecular complexity index is 1100. The molecule has 39 heavy (non-hydrogen) atoms. The van der Waals surface area contributed by atoms with Gasteiger partial charge in [-0.3, -0.25) is 14.4 Å². The highest BCUT2D eigenvalue weighted by Gasteiger charge is 2.35. The van der Waals surface area contributed by atoms with E-state index in [0.717, 1.165) is 18.9 Å². The van der Waals surface area contributed by atoms with E-state index in [-0.39, 0.29) is 48.3 Å². The number of nitrogens with one attached hydrogen (secondary N) is 2. The van der Waals surface area contributed by atoms with Crippen molar-refractivity contribution < 1.29 is 34.4 Å². The van der Waals surface area contributed by atoms with E-state index in [1.54, 1.807) is 19.1 Å². The fourth-order valence-electron chi connectivity index (χ4n) is 4.99. The summed E-state index contributed by atoms with van der Waals surface area (Å²) >= 11 is 0. The van der Waals surface area contributed by atoms with Crippen molar-refractivity contribution in [1.29, 1.82) is 0 Å². The Hall–Kier alpha value is -2.85. The molecule has 0 spiro atoms. The molecule has 2 heterocycles. The Morgan fingerprint density at radius 2 is 1.82 bits per heavy atom. The van der Waals surface area contributed by atoms with Crippen LogP contribution in [-0.4, -0.2) is 63.9 Å². The number of fused-ring (bicyclic) bond motifs is 2. The van der Waals surface area contributed by atoms with Gasteiger partial charge >= 0.3 is 0 Å². The predicted molar refractivity (Wildman–Crippen MR) is 147 cm³/mol. The monoisotopic (exact) mass is 542 g/mol. The van der Waals surface area contributed by atoms with E-state index in [1.165, 1.54) is 5.57 Å². The molecule has 1 amide bonds. The average Bonchev–Trinajstić information content (AvgIpc) is 2.88. The lowest BCUT2D eigenvalue weighted by Gasteiger charge is -2.34. The summed E-state index contributed by atoms with van der Waals surface area (Å²) in [5, 5.41) is 36.6. The third-order valence-corrected chi connectivity index (χ3v) is 7.46. The molecule has 214 valence electrons. The summed E-state index contributed by atoms with van der Waals surface area (Å²) in [6.07, 6.45) is 9.07. The van der Waals surface area contributed by atoms with Crippen LogP contribution in [0.4, 0.5) is 0 Å². The SMILES string of the molecule is C/C1=C\C(C)C(O)CCC(C)CC2=C(NC3CC(O)COC3O)C(=O)C=C(NC(=O)/C(C)=C/C=C\CC1)C2=O. The summed E-state index contributed by atoms with van der Waals surface area (Å²) in [6, 6.07) is -0.792. The number of hydrogen-bond donors (Lipinski definition) is 5. The van der Waals surface area contributed by atoms with Crippen LogP contribution in [0.25, 0.3) is 0 Å². The molecule has 9 nitrogen and oxygen atoms in total. The zero-order valence-corrected chi connectivity index (χ0v) is 23.3. The van der Waals surface area contributed by atoms with Gasteiger partial charge in [0.25, 0.3) is 5.91 Å². The fourth-order valence-corrected chi connectivity index (χ4v) is 4.99. The number of rotatable bonds is 2. The van der Waals surface area contributed by atoms with Crippen LogP contribution in [0, 0.1) is 11.8 Å². The number of aliphatic hydroxyl groups excluding tert-OH is 3. The van der Waals surface area contributed by atoms with Crippen LogP contribution in [0.2, 0.25) is 0 Å². The second-order valence-electron chi connectivity index (χ2n) is 11.1. The molecular formula is C30H42N2O7. The number of allylic oxidation sites excluding steroid dienone is 6. The fraction of sp³-hybridized carbons (Fsp3) is 0.567. The molecule has 3 rings (SSSR count). The van der Waals surface area contributed by atoms with Gasteiger partial charge in [0.1, 0.15) is 0 Å².